The summed E-state index contributed by atoms with van der Waals surface area (Å²) in [6.45, 7) is 0. The molecule has 1 N–H and O–H groups in total. The molecule has 2 rings (SSSR count). The van der Waals surface area contributed by atoms with E-state index in [9.17, 15) is 9.50 Å². The summed E-state index contributed by atoms with van der Waals surface area (Å²) in [7, 11) is 1.40. The van der Waals surface area contributed by atoms with E-state index in [1.165, 1.54) is 19.2 Å². The summed E-state index contributed by atoms with van der Waals surface area (Å²) in [5, 5.41) is 10.0. The fourth-order valence-electron chi connectivity index (χ4n) is 1.59. The highest BCUT2D eigenvalue weighted by Gasteiger charge is 2.12. The summed E-state index contributed by atoms with van der Waals surface area (Å²) < 4.78 is 18.3. The van der Waals surface area contributed by atoms with Crippen LogP contribution in [0, 0.1) is 5.82 Å². The number of methoxy groups -OCH3 is 1. The second kappa shape index (κ2) is 4.93. The molecule has 0 unspecified atom stereocenters. The van der Waals surface area contributed by atoms with Crippen LogP contribution >= 0.6 is 0 Å². The van der Waals surface area contributed by atoms with Crippen LogP contribution in [0.1, 0.15) is 17.2 Å². The molecule has 1 heterocycles. The zero-order valence-corrected chi connectivity index (χ0v) is 9.30. The molecular weight excluding hydrogens is 221 g/mol. The molecular formula is C13H12FNO2. The lowest BCUT2D eigenvalue weighted by Gasteiger charge is -2.12. The lowest BCUT2D eigenvalue weighted by molar-refractivity contribution is 0.219. The van der Waals surface area contributed by atoms with Crippen molar-refractivity contribution in [2.24, 2.45) is 0 Å². The molecule has 88 valence electrons. The van der Waals surface area contributed by atoms with E-state index in [0.29, 0.717) is 11.1 Å². The molecule has 0 radical (unpaired) electrons. The fraction of sp³-hybridized carbons (Fsp3) is 0.154. The minimum absolute atomic E-state index is 0.163. The number of aliphatic hydroxyl groups excluding tert-OH is 1. The van der Waals surface area contributed by atoms with E-state index in [1.54, 1.807) is 30.6 Å². The van der Waals surface area contributed by atoms with Crippen molar-refractivity contribution in [3.05, 3.63) is 59.7 Å². The van der Waals surface area contributed by atoms with Crippen LogP contribution in [0.3, 0.4) is 0 Å². The number of benzene rings is 1. The van der Waals surface area contributed by atoms with Crippen molar-refractivity contribution < 1.29 is 14.2 Å². The molecule has 0 aliphatic heterocycles. The lowest BCUT2D eigenvalue weighted by Crippen LogP contribution is -2.01. The molecule has 0 aliphatic carbocycles. The van der Waals surface area contributed by atoms with Crippen molar-refractivity contribution in [2.75, 3.05) is 7.11 Å². The first kappa shape index (κ1) is 11.5. The average Bonchev–Trinajstić information content (AvgIpc) is 2.39. The number of ether oxygens (including phenoxy) is 1. The lowest BCUT2D eigenvalue weighted by atomic mass is 10.0. The van der Waals surface area contributed by atoms with Crippen molar-refractivity contribution in [3.8, 4) is 5.75 Å². The van der Waals surface area contributed by atoms with Gasteiger partial charge in [-0.15, -0.1) is 0 Å². The van der Waals surface area contributed by atoms with Gasteiger partial charge in [0, 0.05) is 12.4 Å². The number of halogens is 1. The predicted octanol–water partition coefficient (Wildman–Crippen LogP) is 2.31. The van der Waals surface area contributed by atoms with Gasteiger partial charge in [-0.2, -0.15) is 0 Å². The molecule has 2 aromatic rings. The summed E-state index contributed by atoms with van der Waals surface area (Å²) in [5.41, 5.74) is 1.15. The third-order valence-electron chi connectivity index (χ3n) is 2.51. The van der Waals surface area contributed by atoms with Crippen LogP contribution in [-0.2, 0) is 0 Å². The van der Waals surface area contributed by atoms with Crippen molar-refractivity contribution in [1.29, 1.82) is 0 Å². The number of nitrogens with zero attached hydrogens (tertiary/aromatic N) is 1. The van der Waals surface area contributed by atoms with Gasteiger partial charge in [0.1, 0.15) is 6.10 Å². The third kappa shape index (κ3) is 2.42. The monoisotopic (exact) mass is 233 g/mol. The first-order chi connectivity index (χ1) is 8.22. The van der Waals surface area contributed by atoms with E-state index >= 15 is 0 Å². The molecule has 0 amide bonds. The Morgan fingerprint density at radius 1 is 1.18 bits per heavy atom. The Kier molecular flexibility index (Phi) is 3.35. The maximum absolute atomic E-state index is 13.5. The van der Waals surface area contributed by atoms with Gasteiger partial charge in [0.05, 0.1) is 7.11 Å². The van der Waals surface area contributed by atoms with Gasteiger partial charge in [0.2, 0.25) is 0 Å². The van der Waals surface area contributed by atoms with Crippen LogP contribution in [0.2, 0.25) is 0 Å². The summed E-state index contributed by atoms with van der Waals surface area (Å²) >= 11 is 0. The van der Waals surface area contributed by atoms with Gasteiger partial charge in [-0.3, -0.25) is 4.98 Å². The zero-order chi connectivity index (χ0) is 12.3. The average molecular weight is 233 g/mol. The molecule has 0 aliphatic rings. The van der Waals surface area contributed by atoms with E-state index in [4.69, 9.17) is 4.74 Å². The molecule has 17 heavy (non-hydrogen) atoms. The van der Waals surface area contributed by atoms with Crippen LogP contribution in [0.15, 0.2) is 42.7 Å². The molecule has 1 atom stereocenters. The number of aromatic nitrogens is 1. The van der Waals surface area contributed by atoms with Gasteiger partial charge in [0.25, 0.3) is 0 Å². The van der Waals surface area contributed by atoms with Crippen molar-refractivity contribution in [3.63, 3.8) is 0 Å². The van der Waals surface area contributed by atoms with Gasteiger partial charge in [-0.25, -0.2) is 4.39 Å². The Morgan fingerprint density at radius 2 is 1.88 bits per heavy atom. The maximum atomic E-state index is 13.5. The molecule has 0 fully saturated rings. The number of hydrogen-bond donors (Lipinski definition) is 1. The third-order valence-corrected chi connectivity index (χ3v) is 2.51. The minimum atomic E-state index is -0.863. The van der Waals surface area contributed by atoms with E-state index < -0.39 is 11.9 Å². The van der Waals surface area contributed by atoms with Crippen molar-refractivity contribution in [2.45, 2.75) is 6.10 Å². The SMILES string of the molecule is COc1ccc([C@@H](O)c2ccncc2)cc1F. The molecule has 0 spiro atoms. The molecule has 4 heteroatoms. The highest BCUT2D eigenvalue weighted by Crippen LogP contribution is 2.25. The second-order valence-corrected chi connectivity index (χ2v) is 3.58. The van der Waals surface area contributed by atoms with Crippen LogP contribution < -0.4 is 4.74 Å². The largest absolute Gasteiger partial charge is 0.494 e. The quantitative estimate of drug-likeness (QED) is 0.884. The first-order valence-corrected chi connectivity index (χ1v) is 5.14. The normalized spacial score (nSPS) is 12.2. The Bertz CT molecular complexity index is 502. The van der Waals surface area contributed by atoms with E-state index in [0.717, 1.165) is 0 Å². The van der Waals surface area contributed by atoms with Gasteiger partial charge in [0.15, 0.2) is 11.6 Å². The number of rotatable bonds is 3. The molecule has 3 nitrogen and oxygen atoms in total. The van der Waals surface area contributed by atoms with Gasteiger partial charge in [-0.05, 0) is 35.4 Å². The Labute approximate surface area is 98.5 Å². The smallest absolute Gasteiger partial charge is 0.165 e. The molecule has 0 bridgehead atoms. The van der Waals surface area contributed by atoms with Gasteiger partial charge in [-0.1, -0.05) is 6.07 Å². The van der Waals surface area contributed by atoms with Gasteiger partial charge < -0.3 is 9.84 Å². The Balaban J connectivity index is 2.32. The van der Waals surface area contributed by atoms with Crippen LogP contribution in [0.4, 0.5) is 4.39 Å². The van der Waals surface area contributed by atoms with Gasteiger partial charge >= 0.3 is 0 Å². The minimum Gasteiger partial charge on any atom is -0.494 e. The molecule has 0 saturated heterocycles. The number of aliphatic hydroxyl groups is 1. The topological polar surface area (TPSA) is 42.4 Å². The zero-order valence-electron chi connectivity index (χ0n) is 9.30. The number of hydrogen-bond acceptors (Lipinski definition) is 3. The summed E-state index contributed by atoms with van der Waals surface area (Å²) in [4.78, 5) is 3.86. The highest BCUT2D eigenvalue weighted by atomic mass is 19.1. The van der Waals surface area contributed by atoms with Crippen LogP contribution in [0.25, 0.3) is 0 Å². The van der Waals surface area contributed by atoms with Crippen LogP contribution in [0.5, 0.6) is 5.75 Å². The first-order valence-electron chi connectivity index (χ1n) is 5.14. The molecule has 1 aromatic heterocycles. The van der Waals surface area contributed by atoms with Crippen molar-refractivity contribution >= 4 is 0 Å². The highest BCUT2D eigenvalue weighted by molar-refractivity contribution is 5.34. The van der Waals surface area contributed by atoms with E-state index in [-0.39, 0.29) is 5.75 Å². The summed E-state index contributed by atoms with van der Waals surface area (Å²) in [6.07, 6.45) is 2.30. The molecule has 1 aromatic carbocycles. The fourth-order valence-corrected chi connectivity index (χ4v) is 1.59. The summed E-state index contributed by atoms with van der Waals surface area (Å²) in [5.74, 6) is -0.325. The summed E-state index contributed by atoms with van der Waals surface area (Å²) in [6, 6.07) is 7.77. The second-order valence-electron chi connectivity index (χ2n) is 3.58. The Hall–Kier alpha value is -1.94. The molecule has 0 saturated carbocycles. The standard InChI is InChI=1S/C13H12FNO2/c1-17-12-3-2-10(8-11(12)14)13(16)9-4-6-15-7-5-9/h2-8,13,16H,1H3/t13-/m0/s1. The van der Waals surface area contributed by atoms with Crippen LogP contribution in [-0.4, -0.2) is 17.2 Å². The van der Waals surface area contributed by atoms with Crippen molar-refractivity contribution in [1.82, 2.24) is 4.98 Å². The predicted molar refractivity (Wildman–Crippen MR) is 61.3 cm³/mol. The van der Waals surface area contributed by atoms with E-state index in [1.807, 2.05) is 0 Å². The maximum Gasteiger partial charge on any atom is 0.165 e. The van der Waals surface area contributed by atoms with E-state index in [2.05, 4.69) is 4.98 Å². The Morgan fingerprint density at radius 3 is 2.47 bits per heavy atom. The number of pyridine rings is 1.